The van der Waals surface area contributed by atoms with Crippen molar-refractivity contribution in [2.24, 2.45) is 0 Å². The molecule has 0 spiro atoms. The van der Waals surface area contributed by atoms with Crippen LogP contribution in [0.5, 0.6) is 0 Å². The highest BCUT2D eigenvalue weighted by atomic mass is 79.9. The van der Waals surface area contributed by atoms with Crippen LogP contribution in [0.2, 0.25) is 0 Å². The van der Waals surface area contributed by atoms with E-state index in [2.05, 4.69) is 26.2 Å². The average Bonchev–Trinajstić information content (AvgIpc) is 2.42. The smallest absolute Gasteiger partial charge is 0.328 e. The zero-order valence-corrected chi connectivity index (χ0v) is 12.9. The molecule has 1 amide bonds. The van der Waals surface area contributed by atoms with E-state index in [0.29, 0.717) is 0 Å². The first-order valence-electron chi connectivity index (χ1n) is 6.31. The van der Waals surface area contributed by atoms with Crippen LogP contribution in [0.1, 0.15) is 18.5 Å². The third-order valence-electron chi connectivity index (χ3n) is 2.96. The van der Waals surface area contributed by atoms with E-state index < -0.39 is 11.2 Å². The van der Waals surface area contributed by atoms with E-state index in [1.165, 1.54) is 12.3 Å². The van der Waals surface area contributed by atoms with E-state index in [9.17, 15) is 14.4 Å². The van der Waals surface area contributed by atoms with E-state index in [0.717, 1.165) is 14.6 Å². The highest BCUT2D eigenvalue weighted by Gasteiger charge is 2.12. The third-order valence-corrected chi connectivity index (χ3v) is 3.68. The number of carbonyl (C=O) groups excluding carboxylic acids is 1. The molecule has 0 aliphatic carbocycles. The first-order valence-corrected chi connectivity index (χ1v) is 7.10. The zero-order valence-electron chi connectivity index (χ0n) is 11.3. The number of hydrogen-bond acceptors (Lipinski definition) is 3. The number of carbonyl (C=O) groups is 1. The number of halogens is 1. The molecule has 0 aliphatic rings. The number of nitrogens with one attached hydrogen (secondary N) is 2. The van der Waals surface area contributed by atoms with Gasteiger partial charge in [-0.3, -0.25) is 19.1 Å². The minimum absolute atomic E-state index is 0.148. The second-order valence-electron chi connectivity index (χ2n) is 4.55. The van der Waals surface area contributed by atoms with Crippen LogP contribution >= 0.6 is 15.9 Å². The molecule has 6 nitrogen and oxygen atoms in total. The van der Waals surface area contributed by atoms with Gasteiger partial charge in [-0.25, -0.2) is 4.79 Å². The van der Waals surface area contributed by atoms with Gasteiger partial charge in [0, 0.05) is 16.7 Å². The fourth-order valence-corrected chi connectivity index (χ4v) is 2.54. The summed E-state index contributed by atoms with van der Waals surface area (Å²) in [5.41, 5.74) is -0.149. The summed E-state index contributed by atoms with van der Waals surface area (Å²) in [6, 6.07) is 8.57. The number of H-pyrrole nitrogens is 1. The zero-order chi connectivity index (χ0) is 15.4. The molecule has 2 N–H and O–H groups in total. The average molecular weight is 352 g/mol. The minimum Gasteiger partial charge on any atom is -0.348 e. The van der Waals surface area contributed by atoms with E-state index in [-0.39, 0.29) is 18.5 Å². The molecule has 7 heteroatoms. The van der Waals surface area contributed by atoms with Gasteiger partial charge in [0.2, 0.25) is 5.91 Å². The lowest BCUT2D eigenvalue weighted by atomic mass is 10.1. The van der Waals surface area contributed by atoms with E-state index in [1.54, 1.807) is 0 Å². The number of rotatable bonds is 4. The topological polar surface area (TPSA) is 84.0 Å². The molecule has 0 fully saturated rings. The molecule has 1 aromatic heterocycles. The van der Waals surface area contributed by atoms with Gasteiger partial charge in [0.1, 0.15) is 6.54 Å². The molecule has 1 heterocycles. The quantitative estimate of drug-likeness (QED) is 0.867. The van der Waals surface area contributed by atoms with Crippen molar-refractivity contribution in [3.05, 3.63) is 67.4 Å². The van der Waals surface area contributed by atoms with Crippen molar-refractivity contribution in [1.29, 1.82) is 0 Å². The van der Waals surface area contributed by atoms with Gasteiger partial charge >= 0.3 is 5.69 Å². The molecule has 110 valence electrons. The first-order chi connectivity index (χ1) is 9.97. The van der Waals surface area contributed by atoms with Crippen LogP contribution in [-0.2, 0) is 11.3 Å². The van der Waals surface area contributed by atoms with E-state index in [4.69, 9.17) is 0 Å². The summed E-state index contributed by atoms with van der Waals surface area (Å²) in [7, 11) is 0. The Morgan fingerprint density at radius 1 is 1.33 bits per heavy atom. The van der Waals surface area contributed by atoms with Crippen molar-refractivity contribution in [1.82, 2.24) is 14.9 Å². The van der Waals surface area contributed by atoms with Crippen molar-refractivity contribution in [2.45, 2.75) is 19.5 Å². The second-order valence-corrected chi connectivity index (χ2v) is 5.40. The largest absolute Gasteiger partial charge is 0.348 e. The predicted octanol–water partition coefficient (Wildman–Crippen LogP) is 1.18. The Bertz CT molecular complexity index is 766. The number of aromatic nitrogens is 2. The number of aromatic amines is 1. The van der Waals surface area contributed by atoms with Crippen molar-refractivity contribution >= 4 is 21.8 Å². The lowest BCUT2D eigenvalue weighted by Crippen LogP contribution is -2.36. The number of nitrogens with zero attached hydrogens (tertiary/aromatic N) is 1. The minimum atomic E-state index is -0.605. The molecule has 2 rings (SSSR count). The molecule has 0 saturated carbocycles. The fraction of sp³-hybridized carbons (Fsp3) is 0.214. The maximum atomic E-state index is 12.0. The summed E-state index contributed by atoms with van der Waals surface area (Å²) in [5.74, 6) is -0.313. The molecule has 1 aromatic carbocycles. The lowest BCUT2D eigenvalue weighted by Gasteiger charge is -2.16. The van der Waals surface area contributed by atoms with Crippen LogP contribution in [0.15, 0.2) is 50.6 Å². The molecule has 0 aliphatic heterocycles. The molecule has 21 heavy (non-hydrogen) atoms. The van der Waals surface area contributed by atoms with Gasteiger partial charge < -0.3 is 5.32 Å². The summed E-state index contributed by atoms with van der Waals surface area (Å²) < 4.78 is 2.04. The Balaban J connectivity index is 2.07. The van der Waals surface area contributed by atoms with E-state index in [1.807, 2.05) is 31.2 Å². The van der Waals surface area contributed by atoms with Crippen molar-refractivity contribution in [3.8, 4) is 0 Å². The lowest BCUT2D eigenvalue weighted by molar-refractivity contribution is -0.122. The fourth-order valence-electron chi connectivity index (χ4n) is 1.91. The highest BCUT2D eigenvalue weighted by molar-refractivity contribution is 9.10. The number of amides is 1. The Hall–Kier alpha value is -2.15. The van der Waals surface area contributed by atoms with Crippen LogP contribution in [0.3, 0.4) is 0 Å². The Morgan fingerprint density at radius 3 is 2.71 bits per heavy atom. The molecular formula is C14H14BrN3O3. The van der Waals surface area contributed by atoms with Gasteiger partial charge in [-0.1, -0.05) is 34.1 Å². The Labute approximate surface area is 128 Å². The molecule has 0 radical (unpaired) electrons. The molecule has 1 atom stereocenters. The molecule has 2 aromatic rings. The van der Waals surface area contributed by atoms with E-state index >= 15 is 0 Å². The molecular weight excluding hydrogens is 338 g/mol. The van der Waals surface area contributed by atoms with Crippen molar-refractivity contribution in [2.75, 3.05) is 0 Å². The van der Waals surface area contributed by atoms with Crippen LogP contribution in [0, 0.1) is 0 Å². The van der Waals surface area contributed by atoms with Gasteiger partial charge in [-0.05, 0) is 18.6 Å². The highest BCUT2D eigenvalue weighted by Crippen LogP contribution is 2.22. The van der Waals surface area contributed by atoms with Crippen LogP contribution in [0.25, 0.3) is 0 Å². The van der Waals surface area contributed by atoms with Gasteiger partial charge in [0.25, 0.3) is 5.56 Å². The first kappa shape index (κ1) is 15.2. The van der Waals surface area contributed by atoms with Crippen LogP contribution in [0.4, 0.5) is 0 Å². The SMILES string of the molecule is CC(NC(=O)Cn1ccc(=O)[nH]c1=O)c1ccccc1Br. The van der Waals surface area contributed by atoms with Gasteiger partial charge in [0.15, 0.2) is 0 Å². The van der Waals surface area contributed by atoms with Crippen LogP contribution < -0.4 is 16.6 Å². The molecule has 1 unspecified atom stereocenters. The standard InChI is InChI=1S/C14H14BrN3O3/c1-9(10-4-2-3-5-11(10)15)16-13(20)8-18-7-6-12(19)17-14(18)21/h2-7,9H,8H2,1H3,(H,16,20)(H,17,19,21). The normalized spacial score (nSPS) is 11.9. The second kappa shape index (κ2) is 6.53. The summed E-state index contributed by atoms with van der Waals surface area (Å²) in [5, 5.41) is 2.81. The Kier molecular flexibility index (Phi) is 4.74. The number of benzene rings is 1. The summed E-state index contributed by atoms with van der Waals surface area (Å²) >= 11 is 3.43. The predicted molar refractivity (Wildman–Crippen MR) is 82.0 cm³/mol. The summed E-state index contributed by atoms with van der Waals surface area (Å²) in [6.07, 6.45) is 1.30. The third kappa shape index (κ3) is 3.91. The monoisotopic (exact) mass is 351 g/mol. The van der Waals surface area contributed by atoms with Crippen molar-refractivity contribution in [3.63, 3.8) is 0 Å². The van der Waals surface area contributed by atoms with Gasteiger partial charge in [-0.15, -0.1) is 0 Å². The van der Waals surface area contributed by atoms with Gasteiger partial charge in [-0.2, -0.15) is 0 Å². The van der Waals surface area contributed by atoms with Crippen molar-refractivity contribution < 1.29 is 4.79 Å². The van der Waals surface area contributed by atoms with Gasteiger partial charge in [0.05, 0.1) is 6.04 Å². The van der Waals surface area contributed by atoms with Crippen LogP contribution in [-0.4, -0.2) is 15.5 Å². The summed E-state index contributed by atoms with van der Waals surface area (Å²) in [6.45, 7) is 1.71. The molecule has 0 bridgehead atoms. The Morgan fingerprint density at radius 2 is 2.05 bits per heavy atom. The maximum Gasteiger partial charge on any atom is 0.328 e. The summed E-state index contributed by atoms with van der Waals surface area (Å²) in [4.78, 5) is 36.5. The number of hydrogen-bond donors (Lipinski definition) is 2. The molecule has 0 saturated heterocycles. The maximum absolute atomic E-state index is 12.0.